The van der Waals surface area contributed by atoms with E-state index >= 15 is 0 Å². The molecule has 4 nitrogen and oxygen atoms in total. The Labute approximate surface area is 198 Å². The van der Waals surface area contributed by atoms with Gasteiger partial charge in [-0.1, -0.05) is 53.5 Å². The van der Waals surface area contributed by atoms with Gasteiger partial charge >= 0.3 is 6.92 Å². The monoisotopic (exact) mass is 464 g/mol. The summed E-state index contributed by atoms with van der Waals surface area (Å²) < 4.78 is 12.4. The molecule has 0 amide bonds. The first-order valence-electron chi connectivity index (χ1n) is 10.3. The molecule has 1 heterocycles. The second-order valence-electron chi connectivity index (χ2n) is 7.75. The van der Waals surface area contributed by atoms with Gasteiger partial charge in [0.15, 0.2) is 0 Å². The number of benzene rings is 3. The van der Waals surface area contributed by atoms with Gasteiger partial charge in [-0.3, -0.25) is 4.98 Å². The van der Waals surface area contributed by atoms with Crippen molar-refractivity contribution in [2.75, 3.05) is 27.2 Å². The van der Waals surface area contributed by atoms with Crippen molar-refractivity contribution in [3.63, 3.8) is 0 Å². The average molecular weight is 465 g/mol. The molecule has 0 aliphatic carbocycles. The van der Waals surface area contributed by atoms with Crippen LogP contribution in [0.1, 0.15) is 0 Å². The first-order valence-corrected chi connectivity index (χ1v) is 11.1. The van der Waals surface area contributed by atoms with E-state index in [2.05, 4.69) is 9.88 Å². The highest BCUT2D eigenvalue weighted by atomic mass is 35.5. The van der Waals surface area contributed by atoms with Gasteiger partial charge in [0.05, 0.1) is 0 Å². The van der Waals surface area contributed by atoms with E-state index in [0.717, 1.165) is 34.1 Å². The summed E-state index contributed by atoms with van der Waals surface area (Å²) in [6, 6.07) is 23.2. The standard InChI is InChI=1S/C25H23BCl2N2O2/c1-30(2)13-14-31-23-10-8-19(9-11-23)26(20-15-21(27)17-22(28)16-20)32-24-7-3-5-18-6-4-12-29-25(18)24/h3-12,15-17H,13-14H2,1-2H3. The number of likely N-dealkylation sites (N-methyl/N-ethyl adjacent to an activating group) is 1. The highest BCUT2D eigenvalue weighted by Gasteiger charge is 2.26. The molecule has 4 aromatic rings. The van der Waals surface area contributed by atoms with Gasteiger partial charge in [0.1, 0.15) is 23.6 Å². The lowest BCUT2D eigenvalue weighted by atomic mass is 9.55. The molecule has 0 aliphatic heterocycles. The van der Waals surface area contributed by atoms with Gasteiger partial charge in [0.25, 0.3) is 0 Å². The smallest absolute Gasteiger partial charge is 0.426 e. The molecule has 0 bridgehead atoms. The topological polar surface area (TPSA) is 34.6 Å². The molecule has 0 saturated carbocycles. The van der Waals surface area contributed by atoms with Gasteiger partial charge in [-0.05, 0) is 67.5 Å². The molecule has 0 radical (unpaired) electrons. The third-order valence-corrected chi connectivity index (χ3v) is 5.45. The first-order chi connectivity index (χ1) is 15.5. The van der Waals surface area contributed by atoms with Gasteiger partial charge < -0.3 is 14.3 Å². The number of halogens is 2. The van der Waals surface area contributed by atoms with E-state index in [9.17, 15) is 0 Å². The summed E-state index contributed by atoms with van der Waals surface area (Å²) in [5.41, 5.74) is 2.62. The maximum absolute atomic E-state index is 6.54. The number of aromatic nitrogens is 1. The number of ether oxygens (including phenoxy) is 1. The van der Waals surface area contributed by atoms with Gasteiger partial charge in [0, 0.05) is 28.2 Å². The summed E-state index contributed by atoms with van der Waals surface area (Å²) in [6.07, 6.45) is 1.76. The van der Waals surface area contributed by atoms with Crippen LogP contribution in [0.15, 0.2) is 79.0 Å². The van der Waals surface area contributed by atoms with Crippen molar-refractivity contribution in [1.29, 1.82) is 0 Å². The van der Waals surface area contributed by atoms with Crippen molar-refractivity contribution in [1.82, 2.24) is 9.88 Å². The summed E-state index contributed by atoms with van der Waals surface area (Å²) in [5.74, 6) is 1.50. The Morgan fingerprint density at radius 1 is 0.875 bits per heavy atom. The van der Waals surface area contributed by atoms with E-state index in [1.807, 2.05) is 80.8 Å². The zero-order valence-electron chi connectivity index (χ0n) is 18.0. The summed E-state index contributed by atoms with van der Waals surface area (Å²) in [7, 11) is 4.04. The van der Waals surface area contributed by atoms with Crippen LogP contribution in [-0.4, -0.2) is 44.0 Å². The Kier molecular flexibility index (Phi) is 7.20. The van der Waals surface area contributed by atoms with Crippen LogP contribution >= 0.6 is 23.2 Å². The van der Waals surface area contributed by atoms with Crippen LogP contribution < -0.4 is 20.3 Å². The highest BCUT2D eigenvalue weighted by molar-refractivity contribution is 6.81. The van der Waals surface area contributed by atoms with Crippen LogP contribution in [0.25, 0.3) is 10.9 Å². The van der Waals surface area contributed by atoms with Crippen LogP contribution in [0, 0.1) is 0 Å². The molecule has 0 spiro atoms. The molecule has 0 fully saturated rings. The van der Waals surface area contributed by atoms with E-state index in [4.69, 9.17) is 32.6 Å². The zero-order valence-corrected chi connectivity index (χ0v) is 19.5. The minimum atomic E-state index is -0.422. The van der Waals surface area contributed by atoms with E-state index in [-0.39, 0.29) is 0 Å². The molecular formula is C25H23BCl2N2O2. The molecule has 1 aromatic heterocycles. The van der Waals surface area contributed by atoms with Gasteiger partial charge in [-0.15, -0.1) is 0 Å². The van der Waals surface area contributed by atoms with E-state index in [1.165, 1.54) is 0 Å². The van der Waals surface area contributed by atoms with E-state index in [1.54, 1.807) is 12.3 Å². The van der Waals surface area contributed by atoms with Crippen LogP contribution in [-0.2, 0) is 0 Å². The normalized spacial score (nSPS) is 11.0. The predicted octanol–water partition coefficient (Wildman–Crippen LogP) is 4.67. The van der Waals surface area contributed by atoms with Crippen molar-refractivity contribution in [3.05, 3.63) is 89.0 Å². The van der Waals surface area contributed by atoms with Crippen molar-refractivity contribution in [3.8, 4) is 11.5 Å². The Morgan fingerprint density at radius 2 is 1.59 bits per heavy atom. The SMILES string of the molecule is CN(C)CCOc1ccc(B(Oc2cccc3cccnc23)c2cc(Cl)cc(Cl)c2)cc1. The molecule has 0 N–H and O–H groups in total. The lowest BCUT2D eigenvalue weighted by Gasteiger charge is -2.19. The fourth-order valence-electron chi connectivity index (χ4n) is 3.44. The number of nitrogens with zero attached hydrogens (tertiary/aromatic N) is 2. The predicted molar refractivity (Wildman–Crippen MR) is 134 cm³/mol. The second kappa shape index (κ2) is 10.3. The van der Waals surface area contributed by atoms with Crippen LogP contribution in [0.2, 0.25) is 10.0 Å². The van der Waals surface area contributed by atoms with Crippen LogP contribution in [0.3, 0.4) is 0 Å². The van der Waals surface area contributed by atoms with Gasteiger partial charge in [-0.25, -0.2) is 0 Å². The van der Waals surface area contributed by atoms with Crippen molar-refractivity contribution in [2.45, 2.75) is 0 Å². The Hall–Kier alpha value is -2.73. The minimum absolute atomic E-state index is 0.422. The maximum Gasteiger partial charge on any atom is 0.426 e. The number of hydrogen-bond donors (Lipinski definition) is 0. The minimum Gasteiger partial charge on any atom is -0.550 e. The molecule has 32 heavy (non-hydrogen) atoms. The molecule has 162 valence electrons. The summed E-state index contributed by atoms with van der Waals surface area (Å²) in [6.45, 7) is 1.05. The average Bonchev–Trinajstić information content (AvgIpc) is 2.77. The van der Waals surface area contributed by atoms with Crippen molar-refractivity contribution < 1.29 is 9.39 Å². The molecule has 0 unspecified atom stereocenters. The van der Waals surface area contributed by atoms with Crippen LogP contribution in [0.5, 0.6) is 11.5 Å². The second-order valence-corrected chi connectivity index (χ2v) is 8.63. The summed E-state index contributed by atoms with van der Waals surface area (Å²) in [5, 5.41) is 2.12. The number of para-hydroxylation sites is 1. The number of pyridine rings is 1. The summed E-state index contributed by atoms with van der Waals surface area (Å²) in [4.78, 5) is 6.60. The maximum atomic E-state index is 6.54. The Bertz CT molecular complexity index is 1180. The number of fused-ring (bicyclic) bond motifs is 1. The molecule has 4 rings (SSSR count). The Morgan fingerprint density at radius 3 is 2.31 bits per heavy atom. The third-order valence-electron chi connectivity index (χ3n) is 5.02. The third kappa shape index (κ3) is 5.54. The quantitative estimate of drug-likeness (QED) is 0.355. The zero-order chi connectivity index (χ0) is 22.5. The number of hydrogen-bond acceptors (Lipinski definition) is 4. The molecule has 3 aromatic carbocycles. The van der Waals surface area contributed by atoms with Crippen molar-refractivity contribution >= 4 is 51.9 Å². The van der Waals surface area contributed by atoms with Gasteiger partial charge in [-0.2, -0.15) is 0 Å². The number of rotatable bonds is 8. The fourth-order valence-corrected chi connectivity index (χ4v) is 3.98. The molecule has 0 atom stereocenters. The van der Waals surface area contributed by atoms with Crippen molar-refractivity contribution in [2.24, 2.45) is 0 Å². The van der Waals surface area contributed by atoms with Gasteiger partial charge in [0.2, 0.25) is 0 Å². The summed E-state index contributed by atoms with van der Waals surface area (Å²) >= 11 is 12.6. The fraction of sp³-hybridized carbons (Fsp3) is 0.160. The molecule has 0 saturated heterocycles. The lowest BCUT2D eigenvalue weighted by Crippen LogP contribution is -2.47. The lowest BCUT2D eigenvalue weighted by molar-refractivity contribution is 0.261. The first kappa shape index (κ1) is 22.5. The Balaban J connectivity index is 1.68. The highest BCUT2D eigenvalue weighted by Crippen LogP contribution is 2.24. The van der Waals surface area contributed by atoms with E-state index in [0.29, 0.717) is 22.4 Å². The van der Waals surface area contributed by atoms with E-state index < -0.39 is 6.92 Å². The van der Waals surface area contributed by atoms with Crippen LogP contribution in [0.4, 0.5) is 0 Å². The largest absolute Gasteiger partial charge is 0.550 e. The molecule has 7 heteroatoms. The molecule has 0 aliphatic rings. The molecular weight excluding hydrogens is 442 g/mol.